The van der Waals surface area contributed by atoms with Crippen LogP contribution in [0.3, 0.4) is 0 Å². The van der Waals surface area contributed by atoms with Crippen LogP contribution in [-0.2, 0) is 18.3 Å². The first-order chi connectivity index (χ1) is 14.0. The van der Waals surface area contributed by atoms with Gasteiger partial charge in [0.25, 0.3) is 5.91 Å². The maximum absolute atomic E-state index is 13.1. The van der Waals surface area contributed by atoms with Crippen molar-refractivity contribution >= 4 is 22.7 Å². The first-order valence-corrected chi connectivity index (χ1v) is 10.1. The Balaban J connectivity index is 1.45. The number of nitrogens with zero attached hydrogens (tertiary/aromatic N) is 2. The van der Waals surface area contributed by atoms with Gasteiger partial charge in [0, 0.05) is 31.9 Å². The number of carbonyl (C=O) groups is 2. The van der Waals surface area contributed by atoms with Crippen LogP contribution in [-0.4, -0.2) is 40.4 Å². The third-order valence-electron chi connectivity index (χ3n) is 5.95. The molecule has 1 saturated heterocycles. The van der Waals surface area contributed by atoms with Crippen LogP contribution < -0.4 is 5.32 Å². The van der Waals surface area contributed by atoms with E-state index in [1.165, 1.54) is 5.56 Å². The average Bonchev–Trinajstić information content (AvgIpc) is 3.18. The van der Waals surface area contributed by atoms with Gasteiger partial charge >= 0.3 is 0 Å². The van der Waals surface area contributed by atoms with Gasteiger partial charge in [-0.1, -0.05) is 48.5 Å². The highest BCUT2D eigenvalue weighted by atomic mass is 16.2. The minimum absolute atomic E-state index is 0.107. The Morgan fingerprint density at radius 1 is 1.10 bits per heavy atom. The number of carbonyl (C=O) groups excluding carboxylic acids is 2. The molecule has 1 fully saturated rings. The average molecular weight is 389 g/mol. The van der Waals surface area contributed by atoms with E-state index in [0.29, 0.717) is 25.2 Å². The summed E-state index contributed by atoms with van der Waals surface area (Å²) in [6.07, 6.45) is 1.19. The number of nitrogens with one attached hydrogen (secondary N) is 1. The Hall–Kier alpha value is -3.08. The number of likely N-dealkylation sites (tertiary alicyclic amines) is 1. The van der Waals surface area contributed by atoms with Crippen molar-refractivity contribution in [2.45, 2.75) is 32.7 Å². The van der Waals surface area contributed by atoms with Crippen molar-refractivity contribution in [1.29, 1.82) is 0 Å². The number of aromatic nitrogens is 1. The van der Waals surface area contributed by atoms with E-state index in [4.69, 9.17) is 0 Å². The Kier molecular flexibility index (Phi) is 5.14. The number of hydrogen-bond acceptors (Lipinski definition) is 2. The number of para-hydroxylation sites is 1. The minimum atomic E-state index is -0.149. The summed E-state index contributed by atoms with van der Waals surface area (Å²) in [6.45, 7) is 5.30. The molecule has 3 aromatic rings. The molecular weight excluding hydrogens is 362 g/mol. The van der Waals surface area contributed by atoms with Crippen LogP contribution in [0.4, 0.5) is 0 Å². The molecule has 1 atom stereocenters. The van der Waals surface area contributed by atoms with Crippen molar-refractivity contribution in [3.8, 4) is 0 Å². The number of rotatable bonds is 5. The molecule has 2 heterocycles. The van der Waals surface area contributed by atoms with Crippen molar-refractivity contribution in [3.63, 3.8) is 0 Å². The Morgan fingerprint density at radius 3 is 2.59 bits per heavy atom. The third-order valence-corrected chi connectivity index (χ3v) is 5.95. The van der Waals surface area contributed by atoms with E-state index in [0.717, 1.165) is 28.5 Å². The molecule has 2 aromatic carbocycles. The number of benzene rings is 2. The second kappa shape index (κ2) is 7.74. The molecule has 0 unspecified atom stereocenters. The van der Waals surface area contributed by atoms with E-state index >= 15 is 0 Å². The van der Waals surface area contributed by atoms with Crippen LogP contribution >= 0.6 is 0 Å². The zero-order valence-corrected chi connectivity index (χ0v) is 17.2. The molecular formula is C24H27N3O2. The van der Waals surface area contributed by atoms with Gasteiger partial charge in [-0.05, 0) is 37.0 Å². The van der Waals surface area contributed by atoms with E-state index < -0.39 is 0 Å². The fourth-order valence-electron chi connectivity index (χ4n) is 4.47. The molecule has 5 heteroatoms. The Bertz CT molecular complexity index is 1070. The number of hydrogen-bond donors (Lipinski definition) is 1. The fourth-order valence-corrected chi connectivity index (χ4v) is 4.47. The molecule has 29 heavy (non-hydrogen) atoms. The standard InChI is InChI=1S/C24H27N3O2/c1-16-8-7-11-20-17(2)23(26(3)22(16)20)24(29)25-19-14-21(28)27(15-19)13-12-18-9-5-4-6-10-18/h4-11,19H,12-15H2,1-3H3,(H,25,29)/t19-/m1/s1. The zero-order valence-electron chi connectivity index (χ0n) is 17.2. The fraction of sp³-hybridized carbons (Fsp3) is 0.333. The summed E-state index contributed by atoms with van der Waals surface area (Å²) in [5, 5.41) is 4.20. The zero-order chi connectivity index (χ0) is 20.5. The Morgan fingerprint density at radius 2 is 1.86 bits per heavy atom. The molecule has 0 aliphatic carbocycles. The van der Waals surface area contributed by atoms with Gasteiger partial charge in [0.1, 0.15) is 5.69 Å². The molecule has 1 aromatic heterocycles. The number of fused-ring (bicyclic) bond motifs is 1. The van der Waals surface area contributed by atoms with Gasteiger partial charge in [0.2, 0.25) is 5.91 Å². The number of amides is 2. The lowest BCUT2D eigenvalue weighted by atomic mass is 10.1. The quantitative estimate of drug-likeness (QED) is 0.727. The SMILES string of the molecule is Cc1c(C(=O)N[C@@H]2CC(=O)N(CCc3ccccc3)C2)n(C)c2c(C)cccc12. The van der Waals surface area contributed by atoms with Gasteiger partial charge < -0.3 is 14.8 Å². The predicted octanol–water partition coefficient (Wildman–Crippen LogP) is 3.37. The minimum Gasteiger partial charge on any atom is -0.346 e. The van der Waals surface area contributed by atoms with Crippen LogP contribution in [0.25, 0.3) is 10.9 Å². The van der Waals surface area contributed by atoms with E-state index in [2.05, 4.69) is 36.5 Å². The molecule has 0 spiro atoms. The first-order valence-electron chi connectivity index (χ1n) is 10.1. The molecule has 0 radical (unpaired) electrons. The van der Waals surface area contributed by atoms with Gasteiger partial charge in [-0.2, -0.15) is 0 Å². The van der Waals surface area contributed by atoms with E-state index in [1.807, 2.05) is 47.7 Å². The van der Waals surface area contributed by atoms with Crippen LogP contribution in [0.1, 0.15) is 33.6 Å². The van der Waals surface area contributed by atoms with Crippen LogP contribution in [0.15, 0.2) is 48.5 Å². The molecule has 1 aliphatic heterocycles. The molecule has 4 rings (SSSR count). The Labute approximate surface area is 171 Å². The highest BCUT2D eigenvalue weighted by molar-refractivity contribution is 6.02. The summed E-state index contributed by atoms with van der Waals surface area (Å²) in [6, 6.07) is 16.1. The maximum atomic E-state index is 13.1. The summed E-state index contributed by atoms with van der Waals surface area (Å²) in [7, 11) is 1.93. The molecule has 1 N–H and O–H groups in total. The normalized spacial score (nSPS) is 16.6. The lowest BCUT2D eigenvalue weighted by Gasteiger charge is -2.17. The van der Waals surface area contributed by atoms with Gasteiger partial charge in [-0.15, -0.1) is 0 Å². The van der Waals surface area contributed by atoms with E-state index in [1.54, 1.807) is 0 Å². The summed E-state index contributed by atoms with van der Waals surface area (Å²) in [5.41, 5.74) is 5.10. The second-order valence-electron chi connectivity index (χ2n) is 7.95. The molecule has 0 saturated carbocycles. The summed E-state index contributed by atoms with van der Waals surface area (Å²) >= 11 is 0. The van der Waals surface area contributed by atoms with Crippen molar-refractivity contribution in [2.24, 2.45) is 7.05 Å². The molecule has 5 nitrogen and oxygen atoms in total. The lowest BCUT2D eigenvalue weighted by molar-refractivity contribution is -0.127. The molecule has 150 valence electrons. The topological polar surface area (TPSA) is 54.3 Å². The van der Waals surface area contributed by atoms with E-state index in [9.17, 15) is 9.59 Å². The lowest BCUT2D eigenvalue weighted by Crippen LogP contribution is -2.38. The van der Waals surface area contributed by atoms with Gasteiger partial charge in [-0.25, -0.2) is 0 Å². The molecule has 1 aliphatic rings. The van der Waals surface area contributed by atoms with E-state index in [-0.39, 0.29) is 17.9 Å². The molecule has 2 amide bonds. The van der Waals surface area contributed by atoms with Gasteiger partial charge in [0.15, 0.2) is 0 Å². The highest BCUT2D eigenvalue weighted by Gasteiger charge is 2.31. The summed E-state index contributed by atoms with van der Waals surface area (Å²) < 4.78 is 1.97. The first kappa shape index (κ1) is 19.2. The van der Waals surface area contributed by atoms with Gasteiger partial charge in [0.05, 0.1) is 11.6 Å². The largest absolute Gasteiger partial charge is 0.346 e. The highest BCUT2D eigenvalue weighted by Crippen LogP contribution is 2.27. The summed E-state index contributed by atoms with van der Waals surface area (Å²) in [4.78, 5) is 27.3. The summed E-state index contributed by atoms with van der Waals surface area (Å²) in [5.74, 6) is -0.000788. The van der Waals surface area contributed by atoms with Crippen LogP contribution in [0, 0.1) is 13.8 Å². The monoisotopic (exact) mass is 389 g/mol. The van der Waals surface area contributed by atoms with Crippen molar-refractivity contribution < 1.29 is 9.59 Å². The second-order valence-corrected chi connectivity index (χ2v) is 7.95. The van der Waals surface area contributed by atoms with Crippen LogP contribution in [0.5, 0.6) is 0 Å². The van der Waals surface area contributed by atoms with Gasteiger partial charge in [-0.3, -0.25) is 9.59 Å². The van der Waals surface area contributed by atoms with Crippen molar-refractivity contribution in [2.75, 3.05) is 13.1 Å². The smallest absolute Gasteiger partial charge is 0.268 e. The maximum Gasteiger partial charge on any atom is 0.268 e. The third kappa shape index (κ3) is 3.65. The molecule has 0 bridgehead atoms. The van der Waals surface area contributed by atoms with Crippen molar-refractivity contribution in [3.05, 3.63) is 70.9 Å². The van der Waals surface area contributed by atoms with Crippen molar-refractivity contribution in [1.82, 2.24) is 14.8 Å². The van der Waals surface area contributed by atoms with Crippen LogP contribution in [0.2, 0.25) is 0 Å². The number of aryl methyl sites for hydroxylation is 3. The predicted molar refractivity (Wildman–Crippen MR) is 115 cm³/mol.